The van der Waals surface area contributed by atoms with Crippen LogP contribution in [0.2, 0.25) is 0 Å². The monoisotopic (exact) mass is 567 g/mol. The van der Waals surface area contributed by atoms with Gasteiger partial charge in [-0.25, -0.2) is 4.98 Å². The lowest BCUT2D eigenvalue weighted by molar-refractivity contribution is 0.929. The van der Waals surface area contributed by atoms with E-state index in [9.17, 15) is 0 Å². The predicted molar refractivity (Wildman–Crippen MR) is 189 cm³/mol. The van der Waals surface area contributed by atoms with E-state index in [0.717, 1.165) is 33.4 Å². The van der Waals surface area contributed by atoms with Gasteiger partial charge in [0.25, 0.3) is 0 Å². The van der Waals surface area contributed by atoms with Crippen molar-refractivity contribution in [2.75, 3.05) is 0 Å². The van der Waals surface area contributed by atoms with Crippen molar-refractivity contribution in [2.45, 2.75) is 5.11 Å². The van der Waals surface area contributed by atoms with E-state index in [4.69, 9.17) is 23.5 Å². The molecular weight excluding hydrogens is 543 g/mol. The molecule has 2 aromatic heterocycles. The van der Waals surface area contributed by atoms with Crippen LogP contribution in [0.5, 0.6) is 0 Å². The molecule has 2 heterocycles. The Morgan fingerprint density at radius 1 is 0.489 bits per heavy atom. The Bertz CT molecular complexity index is 2300. The van der Waals surface area contributed by atoms with Gasteiger partial charge in [-0.05, 0) is 97.4 Å². The van der Waals surface area contributed by atoms with E-state index in [0.29, 0.717) is 5.82 Å². The molecule has 204 valence electrons. The summed E-state index contributed by atoms with van der Waals surface area (Å²) in [6.45, 7) is 0. The first-order chi connectivity index (χ1) is 22.0. The summed E-state index contributed by atoms with van der Waals surface area (Å²) in [6.07, 6.45) is 3.67. The molecule has 0 aliphatic heterocycles. The second-order valence-electron chi connectivity index (χ2n) is 11.4. The molecule has 0 saturated heterocycles. The molecule has 0 unspecified atom stereocenters. The number of pyridine rings is 1. The Balaban J connectivity index is 1.33. The molecule has 0 aliphatic rings. The SMILES string of the molecule is [B]C([B])([B])c1nc2ccccc2n1-c1ccc(-c2c3ccccc3c(-c3cccc(-c4ccncc4)c3)c3ccccc23)cc1. The van der Waals surface area contributed by atoms with Crippen LogP contribution in [0.4, 0.5) is 0 Å². The second-order valence-corrected chi connectivity index (χ2v) is 11.4. The molecule has 0 fully saturated rings. The molecule has 0 spiro atoms. The third kappa shape index (κ3) is 4.65. The van der Waals surface area contributed by atoms with Gasteiger partial charge in [-0.1, -0.05) is 96.1 Å². The fraction of sp³-hybridized carbons (Fsp3) is 0.0256. The molecule has 0 aliphatic carbocycles. The summed E-state index contributed by atoms with van der Waals surface area (Å²) in [7, 11) is 18.5. The summed E-state index contributed by atoms with van der Waals surface area (Å²) in [4.78, 5) is 8.87. The molecule has 0 atom stereocenters. The average Bonchev–Trinajstić information content (AvgIpc) is 3.48. The summed E-state index contributed by atoms with van der Waals surface area (Å²) >= 11 is 0. The minimum absolute atomic E-state index is 0.394. The topological polar surface area (TPSA) is 30.7 Å². The smallest absolute Gasteiger partial charge is 0.0951 e. The van der Waals surface area contributed by atoms with Crippen molar-refractivity contribution in [3.8, 4) is 39.1 Å². The van der Waals surface area contributed by atoms with Gasteiger partial charge in [0.05, 0.1) is 40.4 Å². The summed E-state index contributed by atoms with van der Waals surface area (Å²) < 4.78 is 1.94. The number of nitrogens with zero attached hydrogens (tertiary/aromatic N) is 3. The van der Waals surface area contributed by atoms with Crippen molar-refractivity contribution in [3.05, 3.63) is 152 Å². The normalized spacial score (nSPS) is 11.8. The van der Waals surface area contributed by atoms with Gasteiger partial charge in [0.15, 0.2) is 0 Å². The number of hydrogen-bond donors (Lipinski definition) is 0. The zero-order valence-electron chi connectivity index (χ0n) is 24.4. The minimum atomic E-state index is -1.60. The molecule has 6 heteroatoms. The van der Waals surface area contributed by atoms with Gasteiger partial charge in [-0.3, -0.25) is 9.55 Å². The number of para-hydroxylation sites is 2. The Labute approximate surface area is 265 Å². The van der Waals surface area contributed by atoms with Crippen LogP contribution >= 0.6 is 0 Å². The first-order valence-electron chi connectivity index (χ1n) is 14.9. The Morgan fingerprint density at radius 3 is 1.67 bits per heavy atom. The van der Waals surface area contributed by atoms with Crippen LogP contribution in [0, 0.1) is 0 Å². The Morgan fingerprint density at radius 2 is 1.04 bits per heavy atom. The van der Waals surface area contributed by atoms with E-state index in [-0.39, 0.29) is 0 Å². The van der Waals surface area contributed by atoms with Crippen molar-refractivity contribution in [3.63, 3.8) is 0 Å². The fourth-order valence-electron chi connectivity index (χ4n) is 6.50. The second kappa shape index (κ2) is 10.7. The zero-order valence-corrected chi connectivity index (χ0v) is 24.4. The van der Waals surface area contributed by atoms with Crippen LogP contribution in [-0.2, 0) is 5.11 Å². The van der Waals surface area contributed by atoms with Crippen molar-refractivity contribution in [2.24, 2.45) is 0 Å². The number of rotatable bonds is 5. The van der Waals surface area contributed by atoms with Crippen LogP contribution in [0.25, 0.3) is 71.6 Å². The molecule has 8 aromatic rings. The lowest BCUT2D eigenvalue weighted by Crippen LogP contribution is -2.31. The van der Waals surface area contributed by atoms with Gasteiger partial charge in [-0.2, -0.15) is 0 Å². The highest BCUT2D eigenvalue weighted by molar-refractivity contribution is 6.58. The molecule has 0 amide bonds. The van der Waals surface area contributed by atoms with Gasteiger partial charge in [0, 0.05) is 18.1 Å². The molecule has 8 rings (SSSR count). The number of hydrogen-bond acceptors (Lipinski definition) is 2. The van der Waals surface area contributed by atoms with E-state index in [1.165, 1.54) is 38.2 Å². The molecule has 45 heavy (non-hydrogen) atoms. The number of benzene rings is 6. The number of fused-ring (bicyclic) bond motifs is 3. The van der Waals surface area contributed by atoms with E-state index in [1.54, 1.807) is 0 Å². The number of imidazole rings is 1. The van der Waals surface area contributed by atoms with Crippen molar-refractivity contribution in [1.29, 1.82) is 0 Å². The van der Waals surface area contributed by atoms with E-state index < -0.39 is 5.11 Å². The zero-order chi connectivity index (χ0) is 30.5. The number of aromatic nitrogens is 3. The first kappa shape index (κ1) is 27.2. The highest BCUT2D eigenvalue weighted by atomic mass is 15.1. The molecule has 6 radical (unpaired) electrons. The third-order valence-electron chi connectivity index (χ3n) is 8.46. The maximum atomic E-state index is 6.18. The molecule has 0 bridgehead atoms. The maximum Gasteiger partial charge on any atom is 0.0951 e. The van der Waals surface area contributed by atoms with Gasteiger partial charge < -0.3 is 0 Å². The largest absolute Gasteiger partial charge is 0.298 e. The van der Waals surface area contributed by atoms with Gasteiger partial charge in [0.2, 0.25) is 0 Å². The van der Waals surface area contributed by atoms with E-state index in [1.807, 2.05) is 53.4 Å². The first-order valence-corrected chi connectivity index (χ1v) is 14.9. The van der Waals surface area contributed by atoms with Crippen molar-refractivity contribution in [1.82, 2.24) is 14.5 Å². The summed E-state index contributed by atoms with van der Waals surface area (Å²) in [5.41, 5.74) is 9.53. The predicted octanol–water partition coefficient (Wildman–Crippen LogP) is 8.34. The van der Waals surface area contributed by atoms with Gasteiger partial charge >= 0.3 is 0 Å². The van der Waals surface area contributed by atoms with Crippen LogP contribution in [-0.4, -0.2) is 38.1 Å². The van der Waals surface area contributed by atoms with E-state index in [2.05, 4.69) is 107 Å². The minimum Gasteiger partial charge on any atom is -0.298 e. The van der Waals surface area contributed by atoms with Crippen LogP contribution < -0.4 is 0 Å². The summed E-state index contributed by atoms with van der Waals surface area (Å²) in [5.74, 6) is 0.394. The van der Waals surface area contributed by atoms with Gasteiger partial charge in [-0.15, -0.1) is 0 Å². The lowest BCUT2D eigenvalue weighted by Gasteiger charge is -2.22. The van der Waals surface area contributed by atoms with Crippen LogP contribution in [0.3, 0.4) is 0 Å². The Kier molecular flexibility index (Phi) is 6.46. The van der Waals surface area contributed by atoms with Crippen molar-refractivity contribution < 1.29 is 0 Å². The maximum absolute atomic E-state index is 6.18. The summed E-state index contributed by atoms with van der Waals surface area (Å²) in [6, 6.07) is 46.5. The molecule has 3 nitrogen and oxygen atoms in total. The molecular formula is C39H24B3N3. The van der Waals surface area contributed by atoms with Crippen LogP contribution in [0.1, 0.15) is 5.82 Å². The molecule has 0 N–H and O–H groups in total. The third-order valence-corrected chi connectivity index (χ3v) is 8.46. The van der Waals surface area contributed by atoms with E-state index >= 15 is 0 Å². The highest BCUT2D eigenvalue weighted by Crippen LogP contribution is 2.44. The lowest BCUT2D eigenvalue weighted by atomic mass is 9.42. The fourth-order valence-corrected chi connectivity index (χ4v) is 6.50. The van der Waals surface area contributed by atoms with Gasteiger partial charge in [0.1, 0.15) is 0 Å². The standard InChI is InChI=1S/C39H24B3N3/c40-39(41,42)38-44-34-14-5-6-15-35(34)45(38)29-18-16-26(17-19-29)36-30-10-1-3-12-32(30)37(33-13-4-2-11-31(33)36)28-9-7-8-27(24-28)25-20-22-43-23-21-25/h1-24H. The Hall–Kier alpha value is -5.35. The molecule has 0 saturated carbocycles. The quantitative estimate of drug-likeness (QED) is 0.155. The molecule has 6 aromatic carbocycles. The van der Waals surface area contributed by atoms with Crippen LogP contribution in [0.15, 0.2) is 146 Å². The summed E-state index contributed by atoms with van der Waals surface area (Å²) in [5, 5.41) is 3.17. The van der Waals surface area contributed by atoms with Crippen molar-refractivity contribution >= 4 is 56.1 Å². The highest BCUT2D eigenvalue weighted by Gasteiger charge is 2.23. The average molecular weight is 567 g/mol.